The van der Waals surface area contributed by atoms with E-state index >= 15 is 0 Å². The van der Waals surface area contributed by atoms with Gasteiger partial charge < -0.3 is 9.47 Å². The van der Waals surface area contributed by atoms with Crippen LogP contribution >= 0.6 is 0 Å². The van der Waals surface area contributed by atoms with E-state index in [1.165, 1.54) is 18.2 Å². The molecule has 0 atom stereocenters. The van der Waals surface area contributed by atoms with Crippen LogP contribution < -0.4 is 14.2 Å². The molecule has 0 saturated carbocycles. The summed E-state index contributed by atoms with van der Waals surface area (Å²) in [6.45, 7) is 4.64. The Morgan fingerprint density at radius 1 is 1.04 bits per heavy atom. The summed E-state index contributed by atoms with van der Waals surface area (Å²) in [5, 5.41) is 10.8. The molecule has 0 bridgehead atoms. The topological polar surface area (TPSA) is 108 Å². The molecule has 2 rings (SSSR count). The number of sulfonamides is 1. The fraction of sp³-hybridized carbons (Fsp3) is 0.294. The first-order valence-corrected chi connectivity index (χ1v) is 9.48. The maximum Gasteiger partial charge on any atom is 0.270 e. The van der Waals surface area contributed by atoms with Crippen molar-refractivity contribution in [1.82, 2.24) is 4.72 Å². The lowest BCUT2D eigenvalue weighted by atomic mass is 10.2. The Balaban J connectivity index is 2.17. The summed E-state index contributed by atoms with van der Waals surface area (Å²) in [7, 11) is -3.89. The average molecular weight is 380 g/mol. The molecule has 0 heterocycles. The highest BCUT2D eigenvalue weighted by Crippen LogP contribution is 2.28. The molecule has 8 nitrogen and oxygen atoms in total. The predicted octanol–water partition coefficient (Wildman–Crippen LogP) is 2.87. The van der Waals surface area contributed by atoms with E-state index in [0.717, 1.165) is 6.07 Å². The van der Waals surface area contributed by atoms with E-state index in [4.69, 9.17) is 9.47 Å². The van der Waals surface area contributed by atoms with Crippen LogP contribution in [0.15, 0.2) is 47.4 Å². The monoisotopic (exact) mass is 380 g/mol. The maximum atomic E-state index is 12.4. The van der Waals surface area contributed by atoms with Crippen LogP contribution in [-0.4, -0.2) is 26.6 Å². The molecule has 0 amide bonds. The average Bonchev–Trinajstić information content (AvgIpc) is 2.62. The van der Waals surface area contributed by atoms with E-state index < -0.39 is 14.9 Å². The van der Waals surface area contributed by atoms with Crippen LogP contribution in [0.1, 0.15) is 19.4 Å². The van der Waals surface area contributed by atoms with E-state index in [1.807, 2.05) is 13.8 Å². The molecule has 140 valence electrons. The zero-order chi connectivity index (χ0) is 19.2. The van der Waals surface area contributed by atoms with E-state index in [0.29, 0.717) is 30.3 Å². The van der Waals surface area contributed by atoms with Gasteiger partial charge in [-0.1, -0.05) is 12.1 Å². The van der Waals surface area contributed by atoms with Gasteiger partial charge in [-0.2, -0.15) is 0 Å². The highest BCUT2D eigenvalue weighted by Gasteiger charge is 2.17. The van der Waals surface area contributed by atoms with E-state index in [2.05, 4.69) is 4.72 Å². The van der Waals surface area contributed by atoms with Crippen LogP contribution in [0.25, 0.3) is 0 Å². The van der Waals surface area contributed by atoms with Crippen molar-refractivity contribution in [2.24, 2.45) is 0 Å². The van der Waals surface area contributed by atoms with Crippen molar-refractivity contribution >= 4 is 15.7 Å². The largest absolute Gasteiger partial charge is 0.490 e. The Morgan fingerprint density at radius 3 is 2.38 bits per heavy atom. The molecule has 2 aromatic rings. The molecule has 9 heteroatoms. The zero-order valence-electron chi connectivity index (χ0n) is 14.5. The van der Waals surface area contributed by atoms with Gasteiger partial charge in [0.25, 0.3) is 5.69 Å². The number of hydrogen-bond acceptors (Lipinski definition) is 6. The fourth-order valence-corrected chi connectivity index (χ4v) is 3.29. The molecule has 0 aromatic heterocycles. The van der Waals surface area contributed by atoms with Gasteiger partial charge in [0, 0.05) is 18.7 Å². The smallest absolute Gasteiger partial charge is 0.270 e. The summed E-state index contributed by atoms with van der Waals surface area (Å²) in [6, 6.07) is 10.0. The SMILES string of the molecule is CCOc1ccc(CNS(=O)(=O)c2cccc([N+](=O)[O-])c2)cc1OCC. The standard InChI is InChI=1S/C17H20N2O6S/c1-3-24-16-9-8-13(10-17(16)25-4-2)12-18-26(22,23)15-7-5-6-14(11-15)19(20)21/h5-11,18H,3-4,12H2,1-2H3. The minimum atomic E-state index is -3.89. The first-order valence-electron chi connectivity index (χ1n) is 8.00. The summed E-state index contributed by atoms with van der Waals surface area (Å²) in [5.74, 6) is 1.11. The Morgan fingerprint density at radius 2 is 1.73 bits per heavy atom. The summed E-state index contributed by atoms with van der Waals surface area (Å²) in [4.78, 5) is 10.0. The summed E-state index contributed by atoms with van der Waals surface area (Å²) < 4.78 is 38.2. The molecule has 2 aromatic carbocycles. The number of nitro benzene ring substituents is 1. The molecular formula is C17H20N2O6S. The van der Waals surface area contributed by atoms with Crippen molar-refractivity contribution in [3.05, 3.63) is 58.1 Å². The van der Waals surface area contributed by atoms with Gasteiger partial charge in [0.15, 0.2) is 11.5 Å². The van der Waals surface area contributed by atoms with Crippen LogP contribution in [0, 0.1) is 10.1 Å². The zero-order valence-corrected chi connectivity index (χ0v) is 15.3. The quantitative estimate of drug-likeness (QED) is 0.529. The summed E-state index contributed by atoms with van der Waals surface area (Å²) in [5.41, 5.74) is 0.387. The van der Waals surface area contributed by atoms with Gasteiger partial charge in [-0.15, -0.1) is 0 Å². The first kappa shape index (κ1) is 19.7. The second-order valence-corrected chi connectivity index (χ2v) is 6.99. The first-order chi connectivity index (χ1) is 12.4. The lowest BCUT2D eigenvalue weighted by Crippen LogP contribution is -2.23. The van der Waals surface area contributed by atoms with E-state index in [1.54, 1.807) is 18.2 Å². The number of hydrogen-bond donors (Lipinski definition) is 1. The highest BCUT2D eigenvalue weighted by atomic mass is 32.2. The lowest BCUT2D eigenvalue weighted by molar-refractivity contribution is -0.385. The van der Waals surface area contributed by atoms with Crippen LogP contribution in [0.3, 0.4) is 0 Å². The van der Waals surface area contributed by atoms with Crippen LogP contribution in [0.5, 0.6) is 11.5 Å². The van der Waals surface area contributed by atoms with Crippen molar-refractivity contribution < 1.29 is 22.8 Å². The van der Waals surface area contributed by atoms with Crippen molar-refractivity contribution in [2.75, 3.05) is 13.2 Å². The Bertz CT molecular complexity index is 883. The molecule has 0 aliphatic rings. The third-order valence-corrected chi connectivity index (χ3v) is 4.81. The molecule has 0 aliphatic carbocycles. The minimum absolute atomic E-state index is 0.0114. The molecule has 0 aliphatic heterocycles. The van der Waals surface area contributed by atoms with Crippen LogP contribution in [0.4, 0.5) is 5.69 Å². The van der Waals surface area contributed by atoms with E-state index in [-0.39, 0.29) is 17.1 Å². The van der Waals surface area contributed by atoms with Crippen molar-refractivity contribution in [1.29, 1.82) is 0 Å². The minimum Gasteiger partial charge on any atom is -0.490 e. The van der Waals surface area contributed by atoms with Gasteiger partial charge in [0.05, 0.1) is 23.0 Å². The van der Waals surface area contributed by atoms with E-state index in [9.17, 15) is 18.5 Å². The van der Waals surface area contributed by atoms with Crippen molar-refractivity contribution in [3.63, 3.8) is 0 Å². The third-order valence-electron chi connectivity index (χ3n) is 3.41. The lowest BCUT2D eigenvalue weighted by Gasteiger charge is -2.13. The number of ether oxygens (including phenoxy) is 2. The van der Waals surface area contributed by atoms with Gasteiger partial charge in [-0.25, -0.2) is 13.1 Å². The molecule has 0 saturated heterocycles. The fourth-order valence-electron chi connectivity index (χ4n) is 2.23. The number of non-ortho nitro benzene ring substituents is 1. The van der Waals surface area contributed by atoms with Gasteiger partial charge in [0.1, 0.15) is 0 Å². The number of rotatable bonds is 9. The summed E-state index contributed by atoms with van der Waals surface area (Å²) >= 11 is 0. The molecule has 26 heavy (non-hydrogen) atoms. The molecule has 0 spiro atoms. The summed E-state index contributed by atoms with van der Waals surface area (Å²) in [6.07, 6.45) is 0. The Hall–Kier alpha value is -2.65. The normalized spacial score (nSPS) is 11.2. The highest BCUT2D eigenvalue weighted by molar-refractivity contribution is 7.89. The second-order valence-electron chi connectivity index (χ2n) is 5.23. The maximum absolute atomic E-state index is 12.4. The molecular weight excluding hydrogens is 360 g/mol. The Kier molecular flexibility index (Phi) is 6.53. The number of benzene rings is 2. The molecule has 0 unspecified atom stereocenters. The van der Waals surface area contributed by atoms with Crippen molar-refractivity contribution in [3.8, 4) is 11.5 Å². The Labute approximate surface area is 152 Å². The van der Waals surface area contributed by atoms with Gasteiger partial charge in [-0.05, 0) is 37.6 Å². The third kappa shape index (κ3) is 4.93. The molecule has 0 radical (unpaired) electrons. The number of nitro groups is 1. The van der Waals surface area contributed by atoms with Gasteiger partial charge >= 0.3 is 0 Å². The van der Waals surface area contributed by atoms with Gasteiger partial charge in [-0.3, -0.25) is 10.1 Å². The number of nitrogens with one attached hydrogen (secondary N) is 1. The van der Waals surface area contributed by atoms with Crippen molar-refractivity contribution in [2.45, 2.75) is 25.3 Å². The molecule has 1 N–H and O–H groups in total. The van der Waals surface area contributed by atoms with Gasteiger partial charge in [0.2, 0.25) is 10.0 Å². The second kappa shape index (κ2) is 8.63. The van der Waals surface area contributed by atoms with Crippen LogP contribution in [0.2, 0.25) is 0 Å². The predicted molar refractivity (Wildman–Crippen MR) is 95.9 cm³/mol. The number of nitrogens with zero attached hydrogens (tertiary/aromatic N) is 1. The molecule has 0 fully saturated rings. The van der Waals surface area contributed by atoms with Crippen LogP contribution in [-0.2, 0) is 16.6 Å².